The number of aryl methyl sites for hydroxylation is 1. The fourth-order valence-electron chi connectivity index (χ4n) is 1.56. The van der Waals surface area contributed by atoms with Gasteiger partial charge in [-0.15, -0.1) is 11.6 Å². The van der Waals surface area contributed by atoms with E-state index in [9.17, 15) is 0 Å². The Morgan fingerprint density at radius 1 is 1.47 bits per heavy atom. The molecule has 4 heteroatoms. The lowest BCUT2D eigenvalue weighted by Crippen LogP contribution is -2.27. The third-order valence-corrected chi connectivity index (χ3v) is 2.77. The first-order valence-electron chi connectivity index (χ1n) is 5.12. The van der Waals surface area contributed by atoms with Gasteiger partial charge in [-0.1, -0.05) is 6.92 Å². The summed E-state index contributed by atoms with van der Waals surface area (Å²) in [6, 6.07) is 2.08. The van der Waals surface area contributed by atoms with Crippen LogP contribution in [-0.2, 0) is 0 Å². The fraction of sp³-hybridized carbons (Fsp3) is 0.545. The molecule has 0 saturated carbocycles. The molecule has 0 radical (unpaired) electrons. The lowest BCUT2D eigenvalue weighted by Gasteiger charge is -2.23. The van der Waals surface area contributed by atoms with Crippen LogP contribution in [0.15, 0.2) is 16.7 Å². The summed E-state index contributed by atoms with van der Waals surface area (Å²) in [5, 5.41) is 0. The lowest BCUT2D eigenvalue weighted by molar-refractivity contribution is 0.777. The zero-order valence-corrected chi connectivity index (χ0v) is 11.5. The molecule has 0 aliphatic rings. The summed E-state index contributed by atoms with van der Waals surface area (Å²) < 4.78 is 1.02. The van der Waals surface area contributed by atoms with E-state index in [1.165, 1.54) is 5.56 Å². The number of halogens is 2. The smallest absolute Gasteiger partial charge is 0.131 e. The van der Waals surface area contributed by atoms with Crippen LogP contribution in [0.3, 0.4) is 0 Å². The zero-order valence-electron chi connectivity index (χ0n) is 9.13. The summed E-state index contributed by atoms with van der Waals surface area (Å²) in [7, 11) is 0. The fourth-order valence-corrected chi connectivity index (χ4v) is 2.21. The lowest BCUT2D eigenvalue weighted by atomic mass is 10.2. The van der Waals surface area contributed by atoms with Crippen molar-refractivity contribution in [3.05, 3.63) is 22.3 Å². The van der Waals surface area contributed by atoms with Gasteiger partial charge in [0.15, 0.2) is 0 Å². The average Bonchev–Trinajstić information content (AvgIpc) is 2.17. The molecule has 0 unspecified atom stereocenters. The molecule has 0 bridgehead atoms. The zero-order chi connectivity index (χ0) is 11.3. The summed E-state index contributed by atoms with van der Waals surface area (Å²) in [5.74, 6) is 1.68. The number of anilines is 1. The molecular formula is C11H16BrClN2. The average molecular weight is 292 g/mol. The standard InChI is InChI=1S/C11H16BrClN2/c1-3-5-15(6-4-13)11-9(2)7-10(12)8-14-11/h7-8H,3-6H2,1-2H3. The van der Waals surface area contributed by atoms with Gasteiger partial charge in [0.05, 0.1) is 0 Å². The summed E-state index contributed by atoms with van der Waals surface area (Å²) in [6.07, 6.45) is 2.94. The molecule has 0 fully saturated rings. The predicted octanol–water partition coefficient (Wildman–Crippen LogP) is 3.61. The number of nitrogens with zero attached hydrogens (tertiary/aromatic N) is 2. The van der Waals surface area contributed by atoms with Gasteiger partial charge in [0.2, 0.25) is 0 Å². The van der Waals surface area contributed by atoms with E-state index < -0.39 is 0 Å². The highest BCUT2D eigenvalue weighted by molar-refractivity contribution is 9.10. The van der Waals surface area contributed by atoms with Gasteiger partial charge in [-0.25, -0.2) is 4.98 Å². The predicted molar refractivity (Wildman–Crippen MR) is 69.9 cm³/mol. The minimum Gasteiger partial charge on any atom is -0.355 e. The van der Waals surface area contributed by atoms with E-state index in [-0.39, 0.29) is 0 Å². The van der Waals surface area contributed by atoms with E-state index in [4.69, 9.17) is 11.6 Å². The van der Waals surface area contributed by atoms with E-state index in [0.29, 0.717) is 5.88 Å². The van der Waals surface area contributed by atoms with E-state index in [1.807, 2.05) is 6.20 Å². The Morgan fingerprint density at radius 3 is 2.73 bits per heavy atom. The van der Waals surface area contributed by atoms with Crippen molar-refractivity contribution in [3.63, 3.8) is 0 Å². The molecule has 1 heterocycles. The molecule has 0 atom stereocenters. The van der Waals surface area contributed by atoms with Gasteiger partial charge in [0.1, 0.15) is 5.82 Å². The van der Waals surface area contributed by atoms with Crippen LogP contribution in [0.25, 0.3) is 0 Å². The molecular weight excluding hydrogens is 275 g/mol. The van der Waals surface area contributed by atoms with E-state index in [0.717, 1.165) is 29.8 Å². The van der Waals surface area contributed by atoms with Crippen molar-refractivity contribution in [2.45, 2.75) is 20.3 Å². The van der Waals surface area contributed by atoms with Crippen LogP contribution in [0.5, 0.6) is 0 Å². The van der Waals surface area contributed by atoms with Crippen molar-refractivity contribution < 1.29 is 0 Å². The normalized spacial score (nSPS) is 10.4. The van der Waals surface area contributed by atoms with Crippen molar-refractivity contribution in [3.8, 4) is 0 Å². The second-order valence-corrected chi connectivity index (χ2v) is 4.76. The van der Waals surface area contributed by atoms with Gasteiger partial charge < -0.3 is 4.90 Å². The van der Waals surface area contributed by atoms with Crippen LogP contribution >= 0.6 is 27.5 Å². The van der Waals surface area contributed by atoms with Crippen molar-refractivity contribution in [1.82, 2.24) is 4.98 Å². The maximum atomic E-state index is 5.79. The molecule has 0 N–H and O–H groups in total. The Labute approximate surface area is 105 Å². The van der Waals surface area contributed by atoms with Gasteiger partial charge in [-0.3, -0.25) is 0 Å². The molecule has 0 aliphatic carbocycles. The number of alkyl halides is 1. The number of hydrogen-bond acceptors (Lipinski definition) is 2. The summed E-state index contributed by atoms with van der Waals surface area (Å²) in [5.41, 5.74) is 1.18. The number of aromatic nitrogens is 1. The van der Waals surface area contributed by atoms with E-state index in [1.54, 1.807) is 0 Å². The SMILES string of the molecule is CCCN(CCCl)c1ncc(Br)cc1C. The quantitative estimate of drug-likeness (QED) is 0.771. The highest BCUT2D eigenvalue weighted by Gasteiger charge is 2.09. The topological polar surface area (TPSA) is 16.1 Å². The van der Waals surface area contributed by atoms with Crippen LogP contribution in [-0.4, -0.2) is 24.0 Å². The molecule has 1 aromatic heterocycles. The monoisotopic (exact) mass is 290 g/mol. The van der Waals surface area contributed by atoms with Crippen LogP contribution in [0.4, 0.5) is 5.82 Å². The summed E-state index contributed by atoms with van der Waals surface area (Å²) >= 11 is 9.20. The molecule has 0 aromatic carbocycles. The Hall–Kier alpha value is -0.280. The third-order valence-electron chi connectivity index (χ3n) is 2.16. The van der Waals surface area contributed by atoms with Crippen molar-refractivity contribution in [2.24, 2.45) is 0 Å². The van der Waals surface area contributed by atoms with Crippen LogP contribution in [0, 0.1) is 6.92 Å². The molecule has 2 nitrogen and oxygen atoms in total. The molecule has 84 valence electrons. The van der Waals surface area contributed by atoms with Gasteiger partial charge >= 0.3 is 0 Å². The molecule has 1 rings (SSSR count). The summed E-state index contributed by atoms with van der Waals surface area (Å²) in [6.45, 7) is 6.09. The minimum absolute atomic E-state index is 0.636. The highest BCUT2D eigenvalue weighted by Crippen LogP contribution is 2.20. The molecule has 15 heavy (non-hydrogen) atoms. The van der Waals surface area contributed by atoms with Crippen LogP contribution < -0.4 is 4.90 Å². The van der Waals surface area contributed by atoms with Gasteiger partial charge in [0.25, 0.3) is 0 Å². The Bertz CT molecular complexity index is 311. The minimum atomic E-state index is 0.636. The third kappa shape index (κ3) is 3.65. The number of hydrogen-bond donors (Lipinski definition) is 0. The maximum absolute atomic E-state index is 5.79. The molecule has 0 spiro atoms. The van der Waals surface area contributed by atoms with Crippen molar-refractivity contribution in [1.29, 1.82) is 0 Å². The molecule has 0 saturated heterocycles. The molecule has 1 aromatic rings. The Kier molecular flexibility index (Phi) is 5.40. The largest absolute Gasteiger partial charge is 0.355 e. The van der Waals surface area contributed by atoms with Gasteiger partial charge in [0, 0.05) is 29.6 Å². The number of rotatable bonds is 5. The van der Waals surface area contributed by atoms with Gasteiger partial charge in [-0.2, -0.15) is 0 Å². The van der Waals surface area contributed by atoms with Crippen LogP contribution in [0.1, 0.15) is 18.9 Å². The first kappa shape index (κ1) is 12.8. The van der Waals surface area contributed by atoms with E-state index >= 15 is 0 Å². The Morgan fingerprint density at radius 2 is 2.20 bits per heavy atom. The second-order valence-electron chi connectivity index (χ2n) is 3.47. The van der Waals surface area contributed by atoms with Crippen molar-refractivity contribution in [2.75, 3.05) is 23.9 Å². The summed E-state index contributed by atoms with van der Waals surface area (Å²) in [4.78, 5) is 6.67. The molecule has 0 aliphatic heterocycles. The second kappa shape index (κ2) is 6.33. The van der Waals surface area contributed by atoms with Crippen molar-refractivity contribution >= 4 is 33.3 Å². The first-order chi connectivity index (χ1) is 7.19. The first-order valence-corrected chi connectivity index (χ1v) is 6.44. The van der Waals surface area contributed by atoms with Crippen LogP contribution in [0.2, 0.25) is 0 Å². The van der Waals surface area contributed by atoms with E-state index in [2.05, 4.69) is 45.7 Å². The number of pyridine rings is 1. The molecule has 0 amide bonds. The maximum Gasteiger partial charge on any atom is 0.131 e. The highest BCUT2D eigenvalue weighted by atomic mass is 79.9. The Balaban J connectivity index is 2.89. The van der Waals surface area contributed by atoms with Gasteiger partial charge in [-0.05, 0) is 40.9 Å².